The molecular formula is C17H10Cl2NO4S-. The van der Waals surface area contributed by atoms with Crippen LogP contribution in [0, 0.1) is 0 Å². The molecule has 25 heavy (non-hydrogen) atoms. The molecule has 3 rings (SSSR count). The second-order valence-electron chi connectivity index (χ2n) is 5.26. The Morgan fingerprint density at radius 3 is 2.56 bits per heavy atom. The smallest absolute Gasteiger partial charge is 0.247 e. The van der Waals surface area contributed by atoms with E-state index in [0.29, 0.717) is 9.92 Å². The maximum absolute atomic E-state index is 12.7. The first-order valence-electron chi connectivity index (χ1n) is 7.17. The summed E-state index contributed by atoms with van der Waals surface area (Å²) >= 11 is 13.0. The summed E-state index contributed by atoms with van der Waals surface area (Å²) in [6.07, 6.45) is -0.0517. The minimum atomic E-state index is -1.34. The molecule has 8 heteroatoms. The average molecular weight is 395 g/mol. The van der Waals surface area contributed by atoms with Gasteiger partial charge in [0, 0.05) is 21.9 Å². The number of hydrogen-bond acceptors (Lipinski definition) is 5. The summed E-state index contributed by atoms with van der Waals surface area (Å²) in [5, 5.41) is 11.0. The minimum absolute atomic E-state index is 0.0178. The molecule has 2 aromatic rings. The summed E-state index contributed by atoms with van der Waals surface area (Å²) in [6.45, 7) is 0. The predicted molar refractivity (Wildman–Crippen MR) is 94.0 cm³/mol. The number of amides is 2. The van der Waals surface area contributed by atoms with E-state index >= 15 is 0 Å². The lowest BCUT2D eigenvalue weighted by Crippen LogP contribution is -2.31. The number of nitrogens with zero attached hydrogens (tertiary/aromatic N) is 1. The molecule has 0 aliphatic carbocycles. The van der Waals surface area contributed by atoms with Gasteiger partial charge in [-0.15, -0.1) is 11.8 Å². The van der Waals surface area contributed by atoms with Gasteiger partial charge in [0.1, 0.15) is 0 Å². The van der Waals surface area contributed by atoms with Crippen molar-refractivity contribution in [1.29, 1.82) is 0 Å². The van der Waals surface area contributed by atoms with Crippen molar-refractivity contribution in [2.45, 2.75) is 16.6 Å². The quantitative estimate of drug-likeness (QED) is 0.744. The van der Waals surface area contributed by atoms with Crippen LogP contribution in [-0.2, 0) is 9.59 Å². The lowest BCUT2D eigenvalue weighted by atomic mass is 10.2. The minimum Gasteiger partial charge on any atom is -0.545 e. The van der Waals surface area contributed by atoms with Crippen molar-refractivity contribution in [3.05, 3.63) is 58.1 Å². The number of benzene rings is 2. The molecule has 0 saturated carbocycles. The normalized spacial score (nSPS) is 17.2. The number of halogens is 2. The number of anilines is 1. The summed E-state index contributed by atoms with van der Waals surface area (Å²) in [4.78, 5) is 37.6. The van der Waals surface area contributed by atoms with E-state index in [-0.39, 0.29) is 22.7 Å². The molecule has 5 nitrogen and oxygen atoms in total. The van der Waals surface area contributed by atoms with Crippen LogP contribution >= 0.6 is 35.0 Å². The Morgan fingerprint density at radius 1 is 1.16 bits per heavy atom. The third kappa shape index (κ3) is 3.51. The number of carbonyl (C=O) groups is 3. The number of aromatic carboxylic acids is 1. The van der Waals surface area contributed by atoms with Crippen molar-refractivity contribution in [1.82, 2.24) is 0 Å². The fraction of sp³-hybridized carbons (Fsp3) is 0.118. The molecule has 128 valence electrons. The van der Waals surface area contributed by atoms with Gasteiger partial charge in [-0.3, -0.25) is 9.59 Å². The van der Waals surface area contributed by atoms with Crippen molar-refractivity contribution in [3.8, 4) is 0 Å². The number of imide groups is 1. The van der Waals surface area contributed by atoms with Crippen molar-refractivity contribution >= 4 is 58.4 Å². The summed E-state index contributed by atoms with van der Waals surface area (Å²) < 4.78 is 0. The van der Waals surface area contributed by atoms with Crippen LogP contribution in [0.4, 0.5) is 5.69 Å². The standard InChI is InChI=1S/C17H11Cl2NO4S/c18-9-5-6-12(11(19)7-9)20-15(21)8-14(16(20)22)25-13-4-2-1-3-10(13)17(23)24/h1-7,14H,8H2,(H,23,24)/p-1/t14-/m1/s1. The van der Waals surface area contributed by atoms with Crippen molar-refractivity contribution < 1.29 is 19.5 Å². The van der Waals surface area contributed by atoms with E-state index in [9.17, 15) is 19.5 Å². The highest BCUT2D eigenvalue weighted by molar-refractivity contribution is 8.00. The molecule has 2 amide bonds. The second-order valence-corrected chi connectivity index (χ2v) is 7.35. The molecule has 1 aliphatic rings. The third-order valence-corrected chi connectivity index (χ3v) is 5.43. The van der Waals surface area contributed by atoms with Crippen LogP contribution in [0.1, 0.15) is 16.8 Å². The van der Waals surface area contributed by atoms with Crippen LogP contribution in [0.15, 0.2) is 47.4 Å². The number of carbonyl (C=O) groups excluding carboxylic acids is 3. The number of rotatable bonds is 4. The average Bonchev–Trinajstić information content (AvgIpc) is 2.82. The molecular weight excluding hydrogens is 385 g/mol. The first-order chi connectivity index (χ1) is 11.9. The maximum atomic E-state index is 12.7. The Bertz CT molecular complexity index is 887. The molecule has 1 atom stereocenters. The summed E-state index contributed by atoms with van der Waals surface area (Å²) in [5.74, 6) is -2.19. The lowest BCUT2D eigenvalue weighted by molar-refractivity contribution is -0.255. The molecule has 0 radical (unpaired) electrons. The van der Waals surface area contributed by atoms with Gasteiger partial charge >= 0.3 is 0 Å². The molecule has 2 aromatic carbocycles. The first-order valence-corrected chi connectivity index (χ1v) is 8.81. The number of carboxylic acid groups (broad SMARTS) is 1. The number of thioether (sulfide) groups is 1. The fourth-order valence-electron chi connectivity index (χ4n) is 2.50. The van der Waals surface area contributed by atoms with E-state index in [1.54, 1.807) is 18.2 Å². The van der Waals surface area contributed by atoms with E-state index in [1.807, 2.05) is 0 Å². The van der Waals surface area contributed by atoms with Crippen molar-refractivity contribution in [2.24, 2.45) is 0 Å². The van der Waals surface area contributed by atoms with Crippen LogP contribution in [0.25, 0.3) is 0 Å². The van der Waals surface area contributed by atoms with Gasteiger partial charge in [-0.1, -0.05) is 41.4 Å². The summed E-state index contributed by atoms with van der Waals surface area (Å²) in [5.41, 5.74) is 0.244. The zero-order valence-corrected chi connectivity index (χ0v) is 14.9. The van der Waals surface area contributed by atoms with Crippen LogP contribution in [0.3, 0.4) is 0 Å². The molecule has 0 spiro atoms. The van der Waals surface area contributed by atoms with Gasteiger partial charge in [0.25, 0.3) is 0 Å². The van der Waals surface area contributed by atoms with Gasteiger partial charge in [-0.25, -0.2) is 4.90 Å². The van der Waals surface area contributed by atoms with Gasteiger partial charge in [0.15, 0.2) is 0 Å². The Kier molecular flexibility index (Phi) is 5.03. The highest BCUT2D eigenvalue weighted by Crippen LogP contribution is 2.38. The van der Waals surface area contributed by atoms with E-state index < -0.39 is 23.0 Å². The third-order valence-electron chi connectivity index (χ3n) is 3.63. The summed E-state index contributed by atoms with van der Waals surface area (Å²) in [6, 6.07) is 10.7. The largest absolute Gasteiger partial charge is 0.545 e. The van der Waals surface area contributed by atoms with E-state index in [2.05, 4.69) is 0 Å². The molecule has 1 heterocycles. The molecule has 1 aliphatic heterocycles. The topological polar surface area (TPSA) is 77.5 Å². The van der Waals surface area contributed by atoms with Gasteiger partial charge in [-0.05, 0) is 24.3 Å². The monoisotopic (exact) mass is 394 g/mol. The van der Waals surface area contributed by atoms with E-state index in [4.69, 9.17) is 23.2 Å². The van der Waals surface area contributed by atoms with Gasteiger partial charge in [0.2, 0.25) is 11.8 Å². The SMILES string of the molecule is O=C([O-])c1ccccc1S[C@@H]1CC(=O)N(c2ccc(Cl)cc2Cl)C1=O. The molecule has 0 bridgehead atoms. The van der Waals surface area contributed by atoms with Crippen LogP contribution in [0.5, 0.6) is 0 Å². The van der Waals surface area contributed by atoms with Gasteiger partial charge in [-0.2, -0.15) is 0 Å². The molecule has 0 N–H and O–H groups in total. The number of hydrogen-bond donors (Lipinski definition) is 0. The van der Waals surface area contributed by atoms with Crippen molar-refractivity contribution in [2.75, 3.05) is 4.90 Å². The second kappa shape index (κ2) is 7.07. The van der Waals surface area contributed by atoms with Gasteiger partial charge < -0.3 is 9.90 Å². The maximum Gasteiger partial charge on any atom is 0.247 e. The number of carboxylic acids is 1. The van der Waals surface area contributed by atoms with Crippen LogP contribution in [0.2, 0.25) is 10.0 Å². The Labute approximate surface area is 157 Å². The summed E-state index contributed by atoms with van der Waals surface area (Å²) in [7, 11) is 0. The highest BCUT2D eigenvalue weighted by atomic mass is 35.5. The van der Waals surface area contributed by atoms with Gasteiger partial charge in [0.05, 0.1) is 21.9 Å². The van der Waals surface area contributed by atoms with E-state index in [1.165, 1.54) is 24.3 Å². The molecule has 1 fully saturated rings. The highest BCUT2D eigenvalue weighted by Gasteiger charge is 2.41. The molecule has 0 aromatic heterocycles. The predicted octanol–water partition coefficient (Wildman–Crippen LogP) is 2.78. The Morgan fingerprint density at radius 2 is 1.88 bits per heavy atom. The first kappa shape index (κ1) is 17.8. The fourth-order valence-corrected chi connectivity index (χ4v) is 4.17. The Hall–Kier alpha value is -2.02. The zero-order chi connectivity index (χ0) is 18.1. The zero-order valence-electron chi connectivity index (χ0n) is 12.6. The van der Waals surface area contributed by atoms with Crippen LogP contribution in [-0.4, -0.2) is 23.0 Å². The van der Waals surface area contributed by atoms with E-state index in [0.717, 1.165) is 16.7 Å². The molecule has 1 saturated heterocycles. The van der Waals surface area contributed by atoms with Crippen molar-refractivity contribution in [3.63, 3.8) is 0 Å². The molecule has 0 unspecified atom stereocenters. The lowest BCUT2D eigenvalue weighted by Gasteiger charge is -2.17. The Balaban J connectivity index is 1.88. The van der Waals surface area contributed by atoms with Crippen LogP contribution < -0.4 is 10.0 Å².